The third kappa shape index (κ3) is 3.43. The van der Waals surface area contributed by atoms with Gasteiger partial charge in [-0.2, -0.15) is 0 Å². The number of urea groups is 1. The number of nitrogens with one attached hydrogen (secondary N) is 2. The number of fused-ring (bicyclic) bond motifs is 1. The summed E-state index contributed by atoms with van der Waals surface area (Å²) in [6.45, 7) is 1.41. The van der Waals surface area contributed by atoms with Crippen molar-refractivity contribution in [1.29, 1.82) is 0 Å². The Balaban J connectivity index is 1.59. The first-order valence-corrected chi connectivity index (χ1v) is 7.28. The van der Waals surface area contributed by atoms with Gasteiger partial charge in [0, 0.05) is 23.3 Å². The minimum Gasteiger partial charge on any atom is -0.486 e. The Morgan fingerprint density at radius 1 is 1.09 bits per heavy atom. The van der Waals surface area contributed by atoms with Gasteiger partial charge in [0.25, 0.3) is 0 Å². The molecule has 1 aliphatic rings. The number of anilines is 1. The lowest BCUT2D eigenvalue weighted by molar-refractivity contribution is 0.171. The van der Waals surface area contributed by atoms with E-state index in [0.717, 1.165) is 5.56 Å². The Hall–Kier alpha value is -2.40. The number of hydrogen-bond acceptors (Lipinski definition) is 3. The number of benzene rings is 2. The number of rotatable bonds is 3. The number of amides is 2. The third-order valence-corrected chi connectivity index (χ3v) is 3.57. The predicted molar refractivity (Wildman–Crippen MR) is 84.7 cm³/mol. The van der Waals surface area contributed by atoms with Crippen LogP contribution in [-0.4, -0.2) is 19.2 Å². The molecule has 0 saturated heterocycles. The fraction of sp³-hybridized carbons (Fsp3) is 0.188. The second kappa shape index (κ2) is 6.58. The van der Waals surface area contributed by atoms with E-state index in [4.69, 9.17) is 21.1 Å². The third-order valence-electron chi connectivity index (χ3n) is 3.20. The van der Waals surface area contributed by atoms with E-state index >= 15 is 0 Å². The van der Waals surface area contributed by atoms with Crippen LogP contribution < -0.4 is 20.1 Å². The predicted octanol–water partition coefficient (Wildman–Crippen LogP) is 3.43. The van der Waals surface area contributed by atoms with Crippen LogP contribution in [-0.2, 0) is 6.54 Å². The number of carbonyl (C=O) groups is 1. The van der Waals surface area contributed by atoms with Crippen LogP contribution in [0.15, 0.2) is 42.5 Å². The first-order chi connectivity index (χ1) is 10.7. The first kappa shape index (κ1) is 14.5. The fourth-order valence-electron chi connectivity index (χ4n) is 2.11. The van der Waals surface area contributed by atoms with Crippen molar-refractivity contribution in [2.24, 2.45) is 0 Å². The highest BCUT2D eigenvalue weighted by Crippen LogP contribution is 2.32. The summed E-state index contributed by atoms with van der Waals surface area (Å²) in [6.07, 6.45) is 0. The lowest BCUT2D eigenvalue weighted by Crippen LogP contribution is -2.28. The smallest absolute Gasteiger partial charge is 0.319 e. The van der Waals surface area contributed by atoms with Crippen LogP contribution in [0.25, 0.3) is 0 Å². The van der Waals surface area contributed by atoms with Crippen molar-refractivity contribution in [2.45, 2.75) is 6.54 Å². The number of carbonyl (C=O) groups excluding carboxylic acids is 1. The Bertz CT molecular complexity index is 691. The van der Waals surface area contributed by atoms with Crippen molar-refractivity contribution < 1.29 is 14.3 Å². The molecule has 2 amide bonds. The molecule has 1 aliphatic heterocycles. The zero-order valence-electron chi connectivity index (χ0n) is 11.8. The standard InChI is InChI=1S/C16H15ClN2O3/c17-13-4-2-1-3-11(13)10-18-16(20)19-12-5-6-14-15(9-12)22-8-7-21-14/h1-6,9H,7-8,10H2,(H2,18,19,20). The van der Waals surface area contributed by atoms with E-state index in [2.05, 4.69) is 10.6 Å². The number of ether oxygens (including phenoxy) is 2. The zero-order valence-corrected chi connectivity index (χ0v) is 12.5. The van der Waals surface area contributed by atoms with E-state index in [9.17, 15) is 4.79 Å². The summed E-state index contributed by atoms with van der Waals surface area (Å²) in [6, 6.07) is 12.4. The quantitative estimate of drug-likeness (QED) is 0.911. The molecule has 2 N–H and O–H groups in total. The number of halogens is 1. The van der Waals surface area contributed by atoms with Gasteiger partial charge in [-0.05, 0) is 23.8 Å². The van der Waals surface area contributed by atoms with Gasteiger partial charge in [-0.25, -0.2) is 4.79 Å². The van der Waals surface area contributed by atoms with Crippen LogP contribution >= 0.6 is 11.6 Å². The maximum atomic E-state index is 11.9. The van der Waals surface area contributed by atoms with Gasteiger partial charge in [0.05, 0.1) is 0 Å². The molecular weight excluding hydrogens is 304 g/mol. The topological polar surface area (TPSA) is 59.6 Å². The summed E-state index contributed by atoms with van der Waals surface area (Å²) in [7, 11) is 0. The highest BCUT2D eigenvalue weighted by atomic mass is 35.5. The van der Waals surface area contributed by atoms with Crippen LogP contribution in [0.1, 0.15) is 5.56 Å². The highest BCUT2D eigenvalue weighted by molar-refractivity contribution is 6.31. The lowest BCUT2D eigenvalue weighted by Gasteiger charge is -2.19. The van der Waals surface area contributed by atoms with Gasteiger partial charge in [0.15, 0.2) is 11.5 Å². The molecule has 0 radical (unpaired) electrons. The average molecular weight is 319 g/mol. The average Bonchev–Trinajstić information content (AvgIpc) is 2.54. The minimum absolute atomic E-state index is 0.309. The van der Waals surface area contributed by atoms with Gasteiger partial charge in [-0.15, -0.1) is 0 Å². The molecule has 0 fully saturated rings. The summed E-state index contributed by atoms with van der Waals surface area (Å²) in [5.74, 6) is 1.32. The van der Waals surface area contributed by atoms with Gasteiger partial charge in [0.2, 0.25) is 0 Å². The zero-order chi connectivity index (χ0) is 15.4. The van der Waals surface area contributed by atoms with E-state index in [-0.39, 0.29) is 6.03 Å². The fourth-order valence-corrected chi connectivity index (χ4v) is 2.32. The van der Waals surface area contributed by atoms with Gasteiger partial charge in [0.1, 0.15) is 13.2 Å². The molecule has 2 aromatic rings. The van der Waals surface area contributed by atoms with Crippen LogP contribution in [0.5, 0.6) is 11.5 Å². The molecule has 0 aromatic heterocycles. The molecule has 22 heavy (non-hydrogen) atoms. The molecule has 3 rings (SSSR count). The molecule has 1 heterocycles. The van der Waals surface area contributed by atoms with Crippen molar-refractivity contribution >= 4 is 23.3 Å². The largest absolute Gasteiger partial charge is 0.486 e. The van der Waals surface area contributed by atoms with E-state index in [1.165, 1.54) is 0 Å². The number of hydrogen-bond donors (Lipinski definition) is 2. The molecule has 0 aliphatic carbocycles. The van der Waals surface area contributed by atoms with Crippen LogP contribution in [0.3, 0.4) is 0 Å². The Morgan fingerprint density at radius 2 is 1.86 bits per heavy atom. The molecular formula is C16H15ClN2O3. The Kier molecular flexibility index (Phi) is 4.34. The molecule has 0 unspecified atom stereocenters. The molecule has 6 heteroatoms. The van der Waals surface area contributed by atoms with Gasteiger partial charge < -0.3 is 20.1 Å². The van der Waals surface area contributed by atoms with Crippen molar-refractivity contribution in [2.75, 3.05) is 18.5 Å². The summed E-state index contributed by atoms with van der Waals surface area (Å²) >= 11 is 6.05. The highest BCUT2D eigenvalue weighted by Gasteiger charge is 2.12. The van der Waals surface area contributed by atoms with Crippen molar-refractivity contribution in [3.05, 3.63) is 53.1 Å². The molecule has 114 valence electrons. The molecule has 0 saturated carbocycles. The van der Waals surface area contributed by atoms with Crippen molar-refractivity contribution in [3.8, 4) is 11.5 Å². The first-order valence-electron chi connectivity index (χ1n) is 6.90. The molecule has 0 spiro atoms. The van der Waals surface area contributed by atoms with Crippen molar-refractivity contribution in [1.82, 2.24) is 5.32 Å². The second-order valence-electron chi connectivity index (χ2n) is 4.76. The van der Waals surface area contributed by atoms with E-state index < -0.39 is 0 Å². The van der Waals surface area contributed by atoms with Gasteiger partial charge >= 0.3 is 6.03 Å². The monoisotopic (exact) mass is 318 g/mol. The van der Waals surface area contributed by atoms with Crippen molar-refractivity contribution in [3.63, 3.8) is 0 Å². The molecule has 0 atom stereocenters. The minimum atomic E-state index is -0.309. The Morgan fingerprint density at radius 3 is 2.68 bits per heavy atom. The van der Waals surface area contributed by atoms with Crippen LogP contribution in [0.4, 0.5) is 10.5 Å². The summed E-state index contributed by atoms with van der Waals surface area (Å²) < 4.78 is 10.9. The van der Waals surface area contributed by atoms with Crippen LogP contribution in [0.2, 0.25) is 5.02 Å². The van der Waals surface area contributed by atoms with E-state index in [0.29, 0.717) is 42.0 Å². The van der Waals surface area contributed by atoms with Gasteiger partial charge in [-0.1, -0.05) is 29.8 Å². The maximum absolute atomic E-state index is 11.9. The molecule has 5 nitrogen and oxygen atoms in total. The summed E-state index contributed by atoms with van der Waals surface area (Å²) in [4.78, 5) is 11.9. The second-order valence-corrected chi connectivity index (χ2v) is 5.16. The van der Waals surface area contributed by atoms with Gasteiger partial charge in [-0.3, -0.25) is 0 Å². The maximum Gasteiger partial charge on any atom is 0.319 e. The SMILES string of the molecule is O=C(NCc1ccccc1Cl)Nc1ccc2c(c1)OCCO2. The normalized spacial score (nSPS) is 12.6. The molecule has 2 aromatic carbocycles. The van der Waals surface area contributed by atoms with E-state index in [1.807, 2.05) is 18.2 Å². The van der Waals surface area contributed by atoms with E-state index in [1.54, 1.807) is 24.3 Å². The lowest BCUT2D eigenvalue weighted by atomic mass is 10.2. The Labute approximate surface area is 133 Å². The summed E-state index contributed by atoms with van der Waals surface area (Å²) in [5.41, 5.74) is 1.50. The summed E-state index contributed by atoms with van der Waals surface area (Å²) in [5, 5.41) is 6.14. The molecule has 0 bridgehead atoms. The van der Waals surface area contributed by atoms with Crippen LogP contribution in [0, 0.1) is 0 Å².